The van der Waals surface area contributed by atoms with Crippen molar-refractivity contribution in [3.63, 3.8) is 0 Å². The second-order valence-electron chi connectivity index (χ2n) is 7.38. The van der Waals surface area contributed by atoms with Gasteiger partial charge >= 0.3 is 0 Å². The molecular formula is C22H31N3O3S. The fourth-order valence-corrected chi connectivity index (χ4v) is 4.45. The molecule has 0 aliphatic carbocycles. The zero-order chi connectivity index (χ0) is 20.5. The Morgan fingerprint density at radius 3 is 2.10 bits per heavy atom. The third kappa shape index (κ3) is 6.90. The molecule has 0 saturated carbocycles. The SMILES string of the molecule is COCCN1CCN(CCc2ccc(S(=O)(=O)NCc3ccccc3)cc2)CC1. The third-order valence-electron chi connectivity index (χ3n) is 5.34. The summed E-state index contributed by atoms with van der Waals surface area (Å²) in [6.07, 6.45) is 0.926. The molecule has 1 saturated heterocycles. The number of benzene rings is 2. The summed E-state index contributed by atoms with van der Waals surface area (Å²) in [5, 5.41) is 0. The molecule has 29 heavy (non-hydrogen) atoms. The molecule has 158 valence electrons. The summed E-state index contributed by atoms with van der Waals surface area (Å²) in [7, 11) is -1.76. The van der Waals surface area contributed by atoms with Gasteiger partial charge in [-0.2, -0.15) is 0 Å². The summed E-state index contributed by atoms with van der Waals surface area (Å²) < 4.78 is 32.8. The van der Waals surface area contributed by atoms with Crippen molar-refractivity contribution in [2.24, 2.45) is 0 Å². The molecule has 1 heterocycles. The average molecular weight is 418 g/mol. The average Bonchev–Trinajstić information content (AvgIpc) is 2.77. The van der Waals surface area contributed by atoms with Crippen molar-refractivity contribution in [2.75, 3.05) is 53.0 Å². The number of rotatable bonds is 10. The van der Waals surface area contributed by atoms with Crippen LogP contribution < -0.4 is 4.72 Å². The normalized spacial score (nSPS) is 16.2. The molecule has 0 unspecified atom stereocenters. The minimum Gasteiger partial charge on any atom is -0.383 e. The molecule has 1 fully saturated rings. The Hall–Kier alpha value is -1.77. The van der Waals surface area contributed by atoms with Crippen LogP contribution in [0.3, 0.4) is 0 Å². The van der Waals surface area contributed by atoms with E-state index in [0.29, 0.717) is 11.4 Å². The number of hydrogen-bond acceptors (Lipinski definition) is 5. The molecule has 1 N–H and O–H groups in total. The summed E-state index contributed by atoms with van der Waals surface area (Å²) in [4.78, 5) is 5.21. The Kier molecular flexibility index (Phi) is 8.20. The molecule has 3 rings (SSSR count). The van der Waals surface area contributed by atoms with Crippen molar-refractivity contribution in [3.8, 4) is 0 Å². The number of nitrogens with one attached hydrogen (secondary N) is 1. The van der Waals surface area contributed by atoms with Gasteiger partial charge in [0.2, 0.25) is 10.0 Å². The van der Waals surface area contributed by atoms with Crippen molar-refractivity contribution >= 4 is 10.0 Å². The lowest BCUT2D eigenvalue weighted by Gasteiger charge is -2.34. The minimum absolute atomic E-state index is 0.293. The fourth-order valence-electron chi connectivity index (χ4n) is 3.44. The van der Waals surface area contributed by atoms with Gasteiger partial charge in [0, 0.05) is 52.9 Å². The summed E-state index contributed by atoms with van der Waals surface area (Å²) in [6.45, 7) is 7.37. The third-order valence-corrected chi connectivity index (χ3v) is 6.75. The van der Waals surface area contributed by atoms with Crippen LogP contribution in [-0.2, 0) is 27.7 Å². The van der Waals surface area contributed by atoms with Crippen molar-refractivity contribution in [1.29, 1.82) is 0 Å². The molecule has 7 heteroatoms. The number of piperazine rings is 1. The largest absolute Gasteiger partial charge is 0.383 e. The van der Waals surface area contributed by atoms with Gasteiger partial charge in [-0.1, -0.05) is 42.5 Å². The lowest BCUT2D eigenvalue weighted by atomic mass is 10.1. The maximum atomic E-state index is 12.5. The van der Waals surface area contributed by atoms with Gasteiger partial charge in [-0.15, -0.1) is 0 Å². The Balaban J connectivity index is 1.45. The fraction of sp³-hybridized carbons (Fsp3) is 0.455. The van der Waals surface area contributed by atoms with Crippen LogP contribution in [-0.4, -0.2) is 71.2 Å². The molecule has 0 aromatic heterocycles. The maximum Gasteiger partial charge on any atom is 0.240 e. The maximum absolute atomic E-state index is 12.5. The van der Waals surface area contributed by atoms with Gasteiger partial charge in [-0.3, -0.25) is 4.90 Å². The highest BCUT2D eigenvalue weighted by Gasteiger charge is 2.17. The van der Waals surface area contributed by atoms with Crippen LogP contribution >= 0.6 is 0 Å². The summed E-state index contributed by atoms with van der Waals surface area (Å²) in [5.41, 5.74) is 2.10. The van der Waals surface area contributed by atoms with Gasteiger partial charge in [0.15, 0.2) is 0 Å². The van der Waals surface area contributed by atoms with E-state index < -0.39 is 10.0 Å². The van der Waals surface area contributed by atoms with Gasteiger partial charge in [0.25, 0.3) is 0 Å². The second-order valence-corrected chi connectivity index (χ2v) is 9.15. The van der Waals surface area contributed by atoms with Crippen LogP contribution in [0.2, 0.25) is 0 Å². The predicted octanol–water partition coefficient (Wildman–Crippen LogP) is 1.97. The highest BCUT2D eigenvalue weighted by molar-refractivity contribution is 7.89. The molecule has 0 amide bonds. The number of sulfonamides is 1. The summed E-state index contributed by atoms with van der Waals surface area (Å²) in [6, 6.07) is 16.8. The van der Waals surface area contributed by atoms with E-state index in [-0.39, 0.29) is 0 Å². The first-order valence-corrected chi connectivity index (χ1v) is 11.6. The monoisotopic (exact) mass is 417 g/mol. The minimum atomic E-state index is -3.50. The number of methoxy groups -OCH3 is 1. The lowest BCUT2D eigenvalue weighted by molar-refractivity contribution is 0.0976. The quantitative estimate of drug-likeness (QED) is 0.641. The van der Waals surface area contributed by atoms with Crippen LogP contribution in [0, 0.1) is 0 Å². The molecule has 2 aromatic carbocycles. The van der Waals surface area contributed by atoms with Crippen molar-refractivity contribution in [3.05, 3.63) is 65.7 Å². The van der Waals surface area contributed by atoms with Gasteiger partial charge in [0.05, 0.1) is 11.5 Å². The number of ether oxygens (including phenoxy) is 1. The zero-order valence-corrected chi connectivity index (χ0v) is 17.9. The molecular weight excluding hydrogens is 386 g/mol. The first-order valence-electron chi connectivity index (χ1n) is 10.1. The lowest BCUT2D eigenvalue weighted by Crippen LogP contribution is -2.47. The Morgan fingerprint density at radius 1 is 0.862 bits per heavy atom. The van der Waals surface area contributed by atoms with Crippen LogP contribution in [0.5, 0.6) is 0 Å². The van der Waals surface area contributed by atoms with E-state index in [1.807, 2.05) is 42.5 Å². The van der Waals surface area contributed by atoms with Gasteiger partial charge in [-0.05, 0) is 29.7 Å². The van der Waals surface area contributed by atoms with Crippen LogP contribution in [0.15, 0.2) is 59.5 Å². The van der Waals surface area contributed by atoms with Crippen LogP contribution in [0.1, 0.15) is 11.1 Å². The number of nitrogens with zero attached hydrogens (tertiary/aromatic N) is 2. The van der Waals surface area contributed by atoms with Gasteiger partial charge in [-0.25, -0.2) is 13.1 Å². The highest BCUT2D eigenvalue weighted by Crippen LogP contribution is 2.13. The topological polar surface area (TPSA) is 61.9 Å². The van der Waals surface area contributed by atoms with Gasteiger partial charge < -0.3 is 9.64 Å². The molecule has 0 bridgehead atoms. The van der Waals surface area contributed by atoms with Crippen molar-refractivity contribution in [1.82, 2.24) is 14.5 Å². The standard InChI is InChI=1S/C22H31N3O3S/c1-28-18-17-25-15-13-24(14-16-25)12-11-20-7-9-22(10-8-20)29(26,27)23-19-21-5-3-2-4-6-21/h2-10,23H,11-19H2,1H3. The first kappa shape index (κ1) is 21.9. The van der Waals surface area contributed by atoms with E-state index in [1.54, 1.807) is 19.2 Å². The molecule has 0 atom stereocenters. The Bertz CT molecular complexity index is 833. The highest BCUT2D eigenvalue weighted by atomic mass is 32.2. The van der Waals surface area contributed by atoms with Crippen LogP contribution in [0.25, 0.3) is 0 Å². The molecule has 0 radical (unpaired) electrons. The van der Waals surface area contributed by atoms with E-state index in [1.165, 1.54) is 0 Å². The molecule has 0 spiro atoms. The van der Waals surface area contributed by atoms with Crippen LogP contribution in [0.4, 0.5) is 0 Å². The summed E-state index contributed by atoms with van der Waals surface area (Å²) in [5.74, 6) is 0. The molecule has 2 aromatic rings. The molecule has 1 aliphatic heterocycles. The van der Waals surface area contributed by atoms with Crippen molar-refractivity contribution < 1.29 is 13.2 Å². The zero-order valence-electron chi connectivity index (χ0n) is 17.1. The Morgan fingerprint density at radius 2 is 1.48 bits per heavy atom. The van der Waals surface area contributed by atoms with E-state index in [2.05, 4.69) is 14.5 Å². The number of hydrogen-bond donors (Lipinski definition) is 1. The van der Waals surface area contributed by atoms with E-state index in [9.17, 15) is 8.42 Å². The van der Waals surface area contributed by atoms with Gasteiger partial charge in [0.1, 0.15) is 0 Å². The second kappa shape index (κ2) is 10.8. The van der Waals surface area contributed by atoms with Crippen molar-refractivity contribution in [2.45, 2.75) is 17.9 Å². The first-order chi connectivity index (χ1) is 14.1. The summed E-state index contributed by atoms with van der Waals surface area (Å²) >= 11 is 0. The van der Waals surface area contributed by atoms with E-state index >= 15 is 0 Å². The smallest absolute Gasteiger partial charge is 0.240 e. The predicted molar refractivity (Wildman–Crippen MR) is 115 cm³/mol. The van der Waals surface area contributed by atoms with E-state index in [4.69, 9.17) is 4.74 Å². The van der Waals surface area contributed by atoms with E-state index in [0.717, 1.165) is 63.4 Å². The molecule has 6 nitrogen and oxygen atoms in total. The Labute approximate surface area is 174 Å². The molecule has 1 aliphatic rings.